The maximum atomic E-state index is 12.1. The van der Waals surface area contributed by atoms with E-state index in [-0.39, 0.29) is 12.4 Å². The summed E-state index contributed by atoms with van der Waals surface area (Å²) in [7, 11) is 0. The van der Waals surface area contributed by atoms with Crippen LogP contribution in [0.1, 0.15) is 5.69 Å². The second-order valence-electron chi connectivity index (χ2n) is 4.96. The van der Waals surface area contributed by atoms with Crippen molar-refractivity contribution in [1.82, 2.24) is 18.9 Å². The summed E-state index contributed by atoms with van der Waals surface area (Å²) in [5.74, 6) is -0.933. The highest BCUT2D eigenvalue weighted by Gasteiger charge is 2.08. The molecule has 0 unspecified atom stereocenters. The lowest BCUT2D eigenvalue weighted by molar-refractivity contribution is -0.137. The third-order valence-electron chi connectivity index (χ3n) is 3.39. The van der Waals surface area contributed by atoms with Gasteiger partial charge in [0.25, 0.3) is 5.56 Å². The van der Waals surface area contributed by atoms with Crippen molar-refractivity contribution in [3.63, 3.8) is 0 Å². The third kappa shape index (κ3) is 3.20. The van der Waals surface area contributed by atoms with Crippen molar-refractivity contribution < 1.29 is 9.90 Å². The van der Waals surface area contributed by atoms with Gasteiger partial charge in [-0.2, -0.15) is 0 Å². The summed E-state index contributed by atoms with van der Waals surface area (Å²) in [4.78, 5) is 31.0. The molecule has 0 aliphatic carbocycles. The number of nitrogens with one attached hydrogen (secondary N) is 1. The zero-order chi connectivity index (χ0) is 16.2. The first kappa shape index (κ1) is 14.8. The van der Waals surface area contributed by atoms with Crippen molar-refractivity contribution in [2.75, 3.05) is 11.9 Å². The summed E-state index contributed by atoms with van der Waals surface area (Å²) < 4.78 is 3.08. The van der Waals surface area contributed by atoms with Crippen LogP contribution in [0.5, 0.6) is 0 Å². The lowest BCUT2D eigenvalue weighted by atomic mass is 10.3. The van der Waals surface area contributed by atoms with E-state index in [1.807, 2.05) is 28.8 Å². The van der Waals surface area contributed by atoms with Crippen LogP contribution >= 0.6 is 0 Å². The van der Waals surface area contributed by atoms with Gasteiger partial charge in [-0.05, 0) is 12.1 Å². The monoisotopic (exact) mass is 313 g/mol. The molecule has 0 fully saturated rings. The molecule has 23 heavy (non-hydrogen) atoms. The summed E-state index contributed by atoms with van der Waals surface area (Å²) in [6.45, 7) is 0.102. The van der Waals surface area contributed by atoms with Crippen molar-refractivity contribution in [3.05, 3.63) is 59.0 Å². The third-order valence-corrected chi connectivity index (χ3v) is 3.39. The number of imidazole rings is 1. The van der Waals surface area contributed by atoms with Gasteiger partial charge >= 0.3 is 5.97 Å². The van der Waals surface area contributed by atoms with Gasteiger partial charge in [0.2, 0.25) is 0 Å². The van der Waals surface area contributed by atoms with Crippen molar-refractivity contribution in [2.45, 2.75) is 13.0 Å². The topological polar surface area (TPSA) is 102 Å². The van der Waals surface area contributed by atoms with E-state index in [9.17, 15) is 9.59 Å². The average molecular weight is 313 g/mol. The molecule has 118 valence electrons. The minimum absolute atomic E-state index is 0.141. The zero-order valence-electron chi connectivity index (χ0n) is 12.2. The number of carboxylic acids is 1. The number of carboxylic acid groups (broad SMARTS) is 1. The minimum atomic E-state index is -1.07. The van der Waals surface area contributed by atoms with Gasteiger partial charge in [0.1, 0.15) is 12.2 Å². The molecular formula is C15H15N5O3. The molecule has 8 nitrogen and oxygen atoms in total. The predicted molar refractivity (Wildman–Crippen MR) is 83.5 cm³/mol. The molecule has 0 spiro atoms. The molecule has 3 aromatic rings. The van der Waals surface area contributed by atoms with Gasteiger partial charge in [-0.3, -0.25) is 14.2 Å². The molecular weight excluding hydrogens is 298 g/mol. The Morgan fingerprint density at radius 2 is 2.13 bits per heavy atom. The molecule has 3 heterocycles. The number of nitrogens with zero attached hydrogens (tertiary/aromatic N) is 4. The van der Waals surface area contributed by atoms with Gasteiger partial charge in [0.15, 0.2) is 5.82 Å². The van der Waals surface area contributed by atoms with E-state index in [0.717, 1.165) is 15.9 Å². The SMILES string of the molecule is O=C(O)Cn1ccnc(NCCc2cnc3ccccn23)c1=O. The summed E-state index contributed by atoms with van der Waals surface area (Å²) in [5, 5.41) is 11.7. The molecule has 0 radical (unpaired) electrons. The van der Waals surface area contributed by atoms with E-state index in [4.69, 9.17) is 5.11 Å². The highest BCUT2D eigenvalue weighted by Crippen LogP contribution is 2.06. The second-order valence-corrected chi connectivity index (χ2v) is 4.96. The molecule has 3 rings (SSSR count). The first-order valence-corrected chi connectivity index (χ1v) is 7.07. The Balaban J connectivity index is 1.69. The lowest BCUT2D eigenvalue weighted by Crippen LogP contribution is -2.27. The molecule has 0 saturated carbocycles. The fourth-order valence-electron chi connectivity index (χ4n) is 2.32. The van der Waals surface area contributed by atoms with Crippen molar-refractivity contribution in [1.29, 1.82) is 0 Å². The molecule has 0 aliphatic rings. The average Bonchev–Trinajstić information content (AvgIpc) is 2.94. The standard InChI is InChI=1S/C15H15N5O3/c21-13(22)10-19-8-6-17-14(15(19)23)16-5-4-11-9-18-12-3-1-2-7-20(11)12/h1-3,6-9H,4-5,10H2,(H,16,17)(H,21,22). The molecule has 0 atom stereocenters. The number of hydrogen-bond donors (Lipinski definition) is 2. The molecule has 2 N–H and O–H groups in total. The molecule has 3 aromatic heterocycles. The Morgan fingerprint density at radius 3 is 2.96 bits per heavy atom. The normalized spacial score (nSPS) is 10.8. The van der Waals surface area contributed by atoms with Gasteiger partial charge in [-0.15, -0.1) is 0 Å². The number of carbonyl (C=O) groups is 1. The van der Waals surface area contributed by atoms with E-state index < -0.39 is 11.5 Å². The van der Waals surface area contributed by atoms with Crippen LogP contribution in [0.15, 0.2) is 47.8 Å². The lowest BCUT2D eigenvalue weighted by Gasteiger charge is -2.07. The summed E-state index contributed by atoms with van der Waals surface area (Å²) in [5.41, 5.74) is 1.42. The maximum Gasteiger partial charge on any atom is 0.323 e. The van der Waals surface area contributed by atoms with E-state index in [1.165, 1.54) is 12.4 Å². The van der Waals surface area contributed by atoms with Gasteiger partial charge in [0.05, 0.1) is 0 Å². The summed E-state index contributed by atoms with van der Waals surface area (Å²) in [6.07, 6.45) is 7.13. The zero-order valence-corrected chi connectivity index (χ0v) is 12.2. The first-order chi connectivity index (χ1) is 11.1. The molecule has 8 heteroatoms. The number of fused-ring (bicyclic) bond motifs is 1. The largest absolute Gasteiger partial charge is 0.480 e. The Kier molecular flexibility index (Phi) is 4.05. The van der Waals surface area contributed by atoms with Crippen LogP contribution in [0.2, 0.25) is 0 Å². The van der Waals surface area contributed by atoms with Gasteiger partial charge in [-0.1, -0.05) is 6.07 Å². The van der Waals surface area contributed by atoms with E-state index in [0.29, 0.717) is 13.0 Å². The van der Waals surface area contributed by atoms with Crippen LogP contribution in [0.4, 0.5) is 5.82 Å². The van der Waals surface area contributed by atoms with Crippen molar-refractivity contribution >= 4 is 17.4 Å². The van der Waals surface area contributed by atoms with Crippen molar-refractivity contribution in [3.8, 4) is 0 Å². The van der Waals surface area contributed by atoms with Crippen molar-refractivity contribution in [2.24, 2.45) is 0 Å². The number of hydrogen-bond acceptors (Lipinski definition) is 5. The quantitative estimate of drug-likeness (QED) is 0.692. The summed E-state index contributed by atoms with van der Waals surface area (Å²) >= 11 is 0. The van der Waals surface area contributed by atoms with Crippen LogP contribution < -0.4 is 10.9 Å². The van der Waals surface area contributed by atoms with Crippen LogP contribution in [-0.2, 0) is 17.8 Å². The first-order valence-electron chi connectivity index (χ1n) is 7.07. The Labute approximate surface area is 131 Å². The highest BCUT2D eigenvalue weighted by atomic mass is 16.4. The second kappa shape index (κ2) is 6.30. The van der Waals surface area contributed by atoms with Crippen LogP contribution in [-0.4, -0.2) is 36.6 Å². The number of anilines is 1. The number of pyridine rings is 1. The van der Waals surface area contributed by atoms with E-state index in [1.54, 1.807) is 6.20 Å². The number of aromatic nitrogens is 4. The fraction of sp³-hybridized carbons (Fsp3) is 0.200. The maximum absolute atomic E-state index is 12.1. The van der Waals surface area contributed by atoms with Crippen LogP contribution in [0.3, 0.4) is 0 Å². The molecule has 0 aromatic carbocycles. The highest BCUT2D eigenvalue weighted by molar-refractivity contribution is 5.66. The molecule has 0 bridgehead atoms. The van der Waals surface area contributed by atoms with Crippen LogP contribution in [0, 0.1) is 0 Å². The summed E-state index contributed by atoms with van der Waals surface area (Å²) in [6, 6.07) is 5.76. The van der Waals surface area contributed by atoms with Gasteiger partial charge in [0, 0.05) is 43.4 Å². The molecule has 0 amide bonds. The number of aliphatic carboxylic acids is 1. The smallest absolute Gasteiger partial charge is 0.323 e. The van der Waals surface area contributed by atoms with Crippen LogP contribution in [0.25, 0.3) is 5.65 Å². The van der Waals surface area contributed by atoms with Gasteiger partial charge < -0.3 is 14.8 Å². The fourth-order valence-corrected chi connectivity index (χ4v) is 2.32. The predicted octanol–water partition coefficient (Wildman–Crippen LogP) is 0.630. The Bertz CT molecular complexity index is 899. The van der Waals surface area contributed by atoms with Gasteiger partial charge in [-0.25, -0.2) is 9.97 Å². The van der Waals surface area contributed by atoms with E-state index in [2.05, 4.69) is 15.3 Å². The Morgan fingerprint density at radius 1 is 1.26 bits per heavy atom. The number of rotatable bonds is 6. The minimum Gasteiger partial charge on any atom is -0.480 e. The molecule has 0 aliphatic heterocycles. The molecule has 0 saturated heterocycles. The van der Waals surface area contributed by atoms with E-state index >= 15 is 0 Å². The Hall–Kier alpha value is -3.16.